The summed E-state index contributed by atoms with van der Waals surface area (Å²) in [6.07, 6.45) is 2.33. The number of fused-ring (bicyclic) bond motifs is 3. The molecule has 0 atom stereocenters. The molecule has 5 aromatic rings. The van der Waals surface area contributed by atoms with Crippen molar-refractivity contribution in [1.29, 1.82) is 5.26 Å². The van der Waals surface area contributed by atoms with Gasteiger partial charge in [-0.25, -0.2) is 0 Å². The van der Waals surface area contributed by atoms with Crippen LogP contribution >= 0.6 is 0 Å². The Morgan fingerprint density at radius 3 is 2.62 bits per heavy atom. The number of amides is 1. The van der Waals surface area contributed by atoms with E-state index in [2.05, 4.69) is 20.5 Å². The number of nitrogens with zero attached hydrogens (tertiary/aromatic N) is 3. The second-order valence-electron chi connectivity index (χ2n) is 9.24. The Balaban J connectivity index is 1.26. The predicted molar refractivity (Wildman–Crippen MR) is 146 cm³/mol. The van der Waals surface area contributed by atoms with Gasteiger partial charge in [-0.15, -0.1) is 0 Å². The van der Waals surface area contributed by atoms with Crippen molar-refractivity contribution in [3.63, 3.8) is 0 Å². The zero-order valence-corrected chi connectivity index (χ0v) is 21.0. The average molecular weight is 514 g/mol. The Morgan fingerprint density at radius 2 is 1.87 bits per heavy atom. The van der Waals surface area contributed by atoms with Crippen LogP contribution in [-0.2, 0) is 13.0 Å². The van der Waals surface area contributed by atoms with E-state index in [9.17, 15) is 15.2 Å². The summed E-state index contributed by atoms with van der Waals surface area (Å²) in [6.45, 7) is 0.324. The zero-order chi connectivity index (χ0) is 26.9. The van der Waals surface area contributed by atoms with Crippen LogP contribution in [0.5, 0.6) is 11.5 Å². The number of aromatic nitrogens is 3. The number of H-pyrrole nitrogens is 1. The van der Waals surface area contributed by atoms with Crippen LogP contribution in [-0.4, -0.2) is 33.3 Å². The molecule has 0 fully saturated rings. The van der Waals surface area contributed by atoms with Gasteiger partial charge in [-0.1, -0.05) is 36.4 Å². The lowest BCUT2D eigenvalue weighted by molar-refractivity contribution is 0.0947. The second kappa shape index (κ2) is 9.80. The van der Waals surface area contributed by atoms with E-state index in [0.717, 1.165) is 50.5 Å². The van der Waals surface area contributed by atoms with Crippen LogP contribution in [0.2, 0.25) is 0 Å². The average Bonchev–Trinajstić information content (AvgIpc) is 3.55. The number of carbonyl (C=O) groups excluding carboxylic acids is 1. The van der Waals surface area contributed by atoms with Crippen LogP contribution in [0.25, 0.3) is 33.6 Å². The molecule has 3 aromatic carbocycles. The Kier molecular flexibility index (Phi) is 6.02. The second-order valence-corrected chi connectivity index (χ2v) is 9.24. The molecule has 0 unspecified atom stereocenters. The van der Waals surface area contributed by atoms with Gasteiger partial charge in [0.2, 0.25) is 0 Å². The summed E-state index contributed by atoms with van der Waals surface area (Å²) >= 11 is 0. The lowest BCUT2D eigenvalue weighted by Crippen LogP contribution is -2.24. The summed E-state index contributed by atoms with van der Waals surface area (Å²) in [5, 5.41) is 29.7. The third-order valence-electron chi connectivity index (χ3n) is 6.94. The molecule has 0 saturated heterocycles. The lowest BCUT2D eigenvalue weighted by Gasteiger charge is -2.12. The summed E-state index contributed by atoms with van der Waals surface area (Å²) in [5.41, 5.74) is 9.01. The maximum Gasteiger partial charge on any atom is 0.255 e. The van der Waals surface area contributed by atoms with Gasteiger partial charge in [0.15, 0.2) is 0 Å². The van der Waals surface area contributed by atoms with E-state index in [4.69, 9.17) is 4.74 Å². The fourth-order valence-corrected chi connectivity index (χ4v) is 4.93. The molecular formula is C31H23N5O3. The molecular weight excluding hydrogens is 490 g/mol. The highest BCUT2D eigenvalue weighted by atomic mass is 16.5. The molecule has 6 rings (SSSR count). The van der Waals surface area contributed by atoms with E-state index in [1.807, 2.05) is 60.7 Å². The summed E-state index contributed by atoms with van der Waals surface area (Å²) in [4.78, 5) is 17.3. The first kappa shape index (κ1) is 23.9. The summed E-state index contributed by atoms with van der Waals surface area (Å²) in [5.74, 6) is 0.236. The monoisotopic (exact) mass is 513 g/mol. The third-order valence-corrected chi connectivity index (χ3v) is 6.94. The number of nitriles is 1. The highest BCUT2D eigenvalue weighted by Gasteiger charge is 2.28. The minimum atomic E-state index is -0.224. The van der Waals surface area contributed by atoms with Crippen LogP contribution in [0.1, 0.15) is 32.7 Å². The van der Waals surface area contributed by atoms with Crippen LogP contribution in [0.3, 0.4) is 0 Å². The maximum atomic E-state index is 13.0. The number of nitrogens with one attached hydrogen (secondary N) is 2. The van der Waals surface area contributed by atoms with E-state index in [1.54, 1.807) is 25.4 Å². The topological polar surface area (TPSA) is 124 Å². The standard InChI is InChI=1S/C31H23N5O3/c1-39-28-15-24-21(13-25(28)31(38)34-17-23-4-2-3-11-33-23)14-26-29(35-36-30(24)26)19-7-5-18(6-8-19)20-9-10-27(37)22(12-20)16-32/h2-13,15,37H,14,17H2,1H3,(H,34,38)(H,35,36). The summed E-state index contributed by atoms with van der Waals surface area (Å²) < 4.78 is 5.58. The van der Waals surface area contributed by atoms with E-state index in [-0.39, 0.29) is 17.2 Å². The number of hydrogen-bond donors (Lipinski definition) is 3. The quantitative estimate of drug-likeness (QED) is 0.280. The highest BCUT2D eigenvalue weighted by Crippen LogP contribution is 2.43. The minimum Gasteiger partial charge on any atom is -0.507 e. The molecule has 190 valence electrons. The van der Waals surface area contributed by atoms with E-state index >= 15 is 0 Å². The van der Waals surface area contributed by atoms with Crippen molar-refractivity contribution in [2.24, 2.45) is 0 Å². The van der Waals surface area contributed by atoms with Gasteiger partial charge in [-0.3, -0.25) is 14.9 Å². The van der Waals surface area contributed by atoms with Gasteiger partial charge in [0.1, 0.15) is 17.6 Å². The molecule has 2 aromatic heterocycles. The lowest BCUT2D eigenvalue weighted by atomic mass is 9.99. The molecule has 1 aliphatic rings. The number of aromatic hydroxyl groups is 1. The molecule has 0 bridgehead atoms. The molecule has 1 amide bonds. The van der Waals surface area contributed by atoms with E-state index in [1.165, 1.54) is 6.07 Å². The number of benzene rings is 3. The smallest absolute Gasteiger partial charge is 0.255 e. The molecule has 1 aliphatic carbocycles. The molecule has 0 saturated carbocycles. The number of phenolic OH excluding ortho intramolecular Hbond substituents is 1. The first-order valence-corrected chi connectivity index (χ1v) is 12.4. The number of phenols is 1. The van der Waals surface area contributed by atoms with E-state index in [0.29, 0.717) is 24.3 Å². The van der Waals surface area contributed by atoms with Gasteiger partial charge in [0.25, 0.3) is 5.91 Å². The van der Waals surface area contributed by atoms with Gasteiger partial charge in [0.05, 0.1) is 41.9 Å². The van der Waals surface area contributed by atoms with Crippen molar-refractivity contribution in [1.82, 2.24) is 20.5 Å². The van der Waals surface area contributed by atoms with Gasteiger partial charge >= 0.3 is 0 Å². The minimum absolute atomic E-state index is 0.0324. The Labute approximate surface area is 224 Å². The van der Waals surface area contributed by atoms with Gasteiger partial charge in [0, 0.05) is 29.3 Å². The number of hydrogen-bond acceptors (Lipinski definition) is 6. The molecule has 2 heterocycles. The number of ether oxygens (including phenoxy) is 1. The molecule has 8 heteroatoms. The Hall–Kier alpha value is -5.42. The van der Waals surface area contributed by atoms with Crippen LogP contribution in [0.4, 0.5) is 0 Å². The normalized spacial score (nSPS) is 11.4. The van der Waals surface area contributed by atoms with E-state index < -0.39 is 0 Å². The highest BCUT2D eigenvalue weighted by molar-refractivity contribution is 5.99. The van der Waals surface area contributed by atoms with Crippen LogP contribution in [0.15, 0.2) is 79.0 Å². The molecule has 0 aliphatic heterocycles. The van der Waals surface area contributed by atoms with Crippen molar-refractivity contribution in [3.8, 4) is 51.2 Å². The van der Waals surface area contributed by atoms with Crippen molar-refractivity contribution < 1.29 is 14.6 Å². The molecule has 39 heavy (non-hydrogen) atoms. The molecule has 0 radical (unpaired) electrons. The zero-order valence-electron chi connectivity index (χ0n) is 21.0. The van der Waals surface area contributed by atoms with Crippen molar-refractivity contribution in [3.05, 3.63) is 107 Å². The number of pyridine rings is 1. The largest absolute Gasteiger partial charge is 0.507 e. The number of rotatable bonds is 6. The Morgan fingerprint density at radius 1 is 1.08 bits per heavy atom. The van der Waals surface area contributed by atoms with Gasteiger partial charge < -0.3 is 15.2 Å². The maximum absolute atomic E-state index is 13.0. The first-order valence-electron chi connectivity index (χ1n) is 12.4. The van der Waals surface area contributed by atoms with Gasteiger partial charge in [-0.2, -0.15) is 10.4 Å². The van der Waals surface area contributed by atoms with Crippen molar-refractivity contribution >= 4 is 5.91 Å². The van der Waals surface area contributed by atoms with Crippen LogP contribution < -0.4 is 10.1 Å². The Bertz CT molecular complexity index is 1750. The van der Waals surface area contributed by atoms with Crippen LogP contribution in [0, 0.1) is 11.3 Å². The number of methoxy groups -OCH3 is 1. The number of aromatic amines is 1. The molecule has 8 nitrogen and oxygen atoms in total. The number of carbonyl (C=O) groups is 1. The fourth-order valence-electron chi connectivity index (χ4n) is 4.93. The summed E-state index contributed by atoms with van der Waals surface area (Å²) in [7, 11) is 1.56. The summed E-state index contributed by atoms with van der Waals surface area (Å²) in [6, 6.07) is 24.3. The predicted octanol–water partition coefficient (Wildman–Crippen LogP) is 5.23. The SMILES string of the molecule is COc1cc2c(cc1C(=O)NCc1ccccn1)Cc1c(-c3ccc(-c4ccc(O)c(C#N)c4)cc3)n[nH]c1-2. The van der Waals surface area contributed by atoms with Gasteiger partial charge in [-0.05, 0) is 53.1 Å². The van der Waals surface area contributed by atoms with Crippen molar-refractivity contribution in [2.45, 2.75) is 13.0 Å². The first-order chi connectivity index (χ1) is 19.1. The van der Waals surface area contributed by atoms with Crippen molar-refractivity contribution in [2.75, 3.05) is 7.11 Å². The third kappa shape index (κ3) is 4.36. The fraction of sp³-hybridized carbons (Fsp3) is 0.0968. The molecule has 0 spiro atoms. The molecule has 3 N–H and O–H groups in total.